The van der Waals surface area contributed by atoms with Gasteiger partial charge in [0.1, 0.15) is 0 Å². The van der Waals surface area contributed by atoms with Crippen LogP contribution in [0.15, 0.2) is 42.5 Å². The summed E-state index contributed by atoms with van der Waals surface area (Å²) in [6, 6.07) is 14.1. The Kier molecular flexibility index (Phi) is 4.85. The number of hydrogen-bond donors (Lipinski definition) is 0. The first-order chi connectivity index (χ1) is 12.9. The van der Waals surface area contributed by atoms with Gasteiger partial charge in [-0.1, -0.05) is 30.3 Å². The number of carbonyl (C=O) groups excluding carboxylic acids is 1. The molecule has 0 unspecified atom stereocenters. The number of thiophene rings is 1. The van der Waals surface area contributed by atoms with Gasteiger partial charge in [-0.05, 0) is 62.9 Å². The third-order valence-electron chi connectivity index (χ3n) is 6.69. The second-order valence-electron chi connectivity index (χ2n) is 8.42. The molecule has 0 atom stereocenters. The number of hydrogen-bond acceptors (Lipinski definition) is 3. The molecule has 0 radical (unpaired) electrons. The Morgan fingerprint density at radius 3 is 2.37 bits per heavy atom. The fourth-order valence-electron chi connectivity index (χ4n) is 5.02. The molecule has 144 valence electrons. The molecule has 2 heterocycles. The number of likely N-dealkylation sites (tertiary alicyclic amines) is 1. The van der Waals surface area contributed by atoms with Crippen molar-refractivity contribution in [1.29, 1.82) is 0 Å². The van der Waals surface area contributed by atoms with E-state index in [9.17, 15) is 9.18 Å². The van der Waals surface area contributed by atoms with E-state index in [0.717, 1.165) is 48.4 Å². The number of halogens is 1. The molecule has 27 heavy (non-hydrogen) atoms. The van der Waals surface area contributed by atoms with Gasteiger partial charge in [-0.2, -0.15) is 4.39 Å². The zero-order valence-corrected chi connectivity index (χ0v) is 16.9. The van der Waals surface area contributed by atoms with E-state index in [-0.39, 0.29) is 22.0 Å². The lowest BCUT2D eigenvalue weighted by Crippen LogP contribution is -2.47. The van der Waals surface area contributed by atoms with Gasteiger partial charge in [0.05, 0.1) is 6.54 Å². The van der Waals surface area contributed by atoms with Crippen LogP contribution < -0.4 is 0 Å². The molecule has 1 aromatic heterocycles. The topological polar surface area (TPSA) is 23.6 Å². The quantitative estimate of drug-likeness (QED) is 0.764. The zero-order chi connectivity index (χ0) is 19.1. The Balaban J connectivity index is 1.48. The molecule has 5 heteroatoms. The molecule has 2 aliphatic rings. The normalized spacial score (nSPS) is 28.4. The summed E-state index contributed by atoms with van der Waals surface area (Å²) in [6.07, 6.45) is 4.89. The maximum atomic E-state index is 13.3. The standard InChI is InChI=1S/C22H27FN2OS/c1-24(2)22(17-6-4-3-5-7-17)12-10-21(11-13-22)14-20(26)25(16-21)15-18-8-9-19(23)27-18/h3-9H,10-16H2,1-2H3. The lowest BCUT2D eigenvalue weighted by Gasteiger charge is -2.48. The SMILES string of the molecule is CN(C)C1(c2ccccc2)CCC2(CC1)CC(=O)N(Cc1ccc(F)s1)C2. The second kappa shape index (κ2) is 7.02. The van der Waals surface area contributed by atoms with Gasteiger partial charge in [0.2, 0.25) is 5.91 Å². The van der Waals surface area contributed by atoms with E-state index >= 15 is 0 Å². The number of nitrogens with zero attached hydrogens (tertiary/aromatic N) is 2. The highest BCUT2D eigenvalue weighted by atomic mass is 32.1. The summed E-state index contributed by atoms with van der Waals surface area (Å²) in [6.45, 7) is 1.36. The minimum Gasteiger partial charge on any atom is -0.337 e. The van der Waals surface area contributed by atoms with Crippen LogP contribution in [0.4, 0.5) is 4.39 Å². The van der Waals surface area contributed by atoms with Crippen molar-refractivity contribution in [3.63, 3.8) is 0 Å². The molecule has 1 saturated carbocycles. The molecule has 4 rings (SSSR count). The van der Waals surface area contributed by atoms with Gasteiger partial charge in [-0.3, -0.25) is 9.69 Å². The first-order valence-electron chi connectivity index (χ1n) is 9.68. The molecule has 2 fully saturated rings. The highest BCUT2D eigenvalue weighted by Gasteiger charge is 2.50. The van der Waals surface area contributed by atoms with Crippen molar-refractivity contribution in [3.8, 4) is 0 Å². The van der Waals surface area contributed by atoms with E-state index in [1.165, 1.54) is 11.6 Å². The van der Waals surface area contributed by atoms with Crippen molar-refractivity contribution in [2.24, 2.45) is 5.41 Å². The maximum absolute atomic E-state index is 13.3. The van der Waals surface area contributed by atoms with E-state index in [1.807, 2.05) is 4.90 Å². The molecule has 1 spiro atoms. The van der Waals surface area contributed by atoms with E-state index < -0.39 is 0 Å². The zero-order valence-electron chi connectivity index (χ0n) is 16.1. The molecular weight excluding hydrogens is 359 g/mol. The monoisotopic (exact) mass is 386 g/mol. The molecule has 1 aliphatic carbocycles. The Morgan fingerprint density at radius 1 is 1.07 bits per heavy atom. The van der Waals surface area contributed by atoms with Crippen molar-refractivity contribution in [2.45, 2.75) is 44.2 Å². The average molecular weight is 387 g/mol. The first-order valence-corrected chi connectivity index (χ1v) is 10.5. The molecule has 1 aromatic carbocycles. The van der Waals surface area contributed by atoms with Gasteiger partial charge < -0.3 is 4.90 Å². The smallest absolute Gasteiger partial charge is 0.223 e. The Labute approximate surface area is 164 Å². The first kappa shape index (κ1) is 18.6. The molecule has 3 nitrogen and oxygen atoms in total. The van der Waals surface area contributed by atoms with Gasteiger partial charge in [0.25, 0.3) is 0 Å². The highest BCUT2D eigenvalue weighted by molar-refractivity contribution is 7.10. The van der Waals surface area contributed by atoms with Gasteiger partial charge >= 0.3 is 0 Å². The molecule has 1 saturated heterocycles. The number of amides is 1. The summed E-state index contributed by atoms with van der Waals surface area (Å²) in [5.41, 5.74) is 1.52. The summed E-state index contributed by atoms with van der Waals surface area (Å²) >= 11 is 1.15. The lowest BCUT2D eigenvalue weighted by atomic mass is 9.64. The third-order valence-corrected chi connectivity index (χ3v) is 7.54. The van der Waals surface area contributed by atoms with E-state index in [0.29, 0.717) is 13.0 Å². The van der Waals surface area contributed by atoms with Crippen LogP contribution in [0.3, 0.4) is 0 Å². The van der Waals surface area contributed by atoms with Crippen molar-refractivity contribution >= 4 is 17.2 Å². The Bertz CT molecular complexity index is 809. The minimum atomic E-state index is -0.178. The molecule has 0 N–H and O–H groups in total. The van der Waals surface area contributed by atoms with Crippen LogP contribution in [0.5, 0.6) is 0 Å². The predicted molar refractivity (Wildman–Crippen MR) is 107 cm³/mol. The van der Waals surface area contributed by atoms with Gasteiger partial charge in [0.15, 0.2) is 5.13 Å². The number of rotatable bonds is 4. The summed E-state index contributed by atoms with van der Waals surface area (Å²) in [7, 11) is 4.34. The van der Waals surface area contributed by atoms with Crippen LogP contribution in [-0.4, -0.2) is 36.3 Å². The Hall–Kier alpha value is -1.72. The number of carbonyl (C=O) groups is 1. The van der Waals surface area contributed by atoms with Crippen molar-refractivity contribution in [3.05, 3.63) is 58.0 Å². The Morgan fingerprint density at radius 2 is 1.78 bits per heavy atom. The van der Waals surface area contributed by atoms with Crippen molar-refractivity contribution < 1.29 is 9.18 Å². The van der Waals surface area contributed by atoms with E-state index in [4.69, 9.17) is 0 Å². The summed E-state index contributed by atoms with van der Waals surface area (Å²) in [4.78, 5) is 17.9. The van der Waals surface area contributed by atoms with Crippen molar-refractivity contribution in [2.75, 3.05) is 20.6 Å². The average Bonchev–Trinajstić information content (AvgIpc) is 3.20. The van der Waals surface area contributed by atoms with Crippen LogP contribution >= 0.6 is 11.3 Å². The molecule has 1 aliphatic heterocycles. The fraction of sp³-hybridized carbons (Fsp3) is 0.500. The third kappa shape index (κ3) is 3.43. The van der Waals surface area contributed by atoms with Crippen LogP contribution in [0.2, 0.25) is 0 Å². The van der Waals surface area contributed by atoms with E-state index in [2.05, 4.69) is 49.3 Å². The van der Waals surface area contributed by atoms with Crippen LogP contribution in [0.25, 0.3) is 0 Å². The van der Waals surface area contributed by atoms with Crippen LogP contribution in [-0.2, 0) is 16.9 Å². The predicted octanol–water partition coefficient (Wildman–Crippen LogP) is 4.64. The van der Waals surface area contributed by atoms with Gasteiger partial charge in [0, 0.05) is 23.4 Å². The fourth-order valence-corrected chi connectivity index (χ4v) is 5.76. The maximum Gasteiger partial charge on any atom is 0.223 e. The lowest BCUT2D eigenvalue weighted by molar-refractivity contribution is -0.128. The van der Waals surface area contributed by atoms with Crippen LogP contribution in [0, 0.1) is 10.5 Å². The minimum absolute atomic E-state index is 0.0554. The largest absolute Gasteiger partial charge is 0.337 e. The van der Waals surface area contributed by atoms with Crippen molar-refractivity contribution in [1.82, 2.24) is 9.80 Å². The van der Waals surface area contributed by atoms with E-state index in [1.54, 1.807) is 6.07 Å². The summed E-state index contributed by atoms with van der Waals surface area (Å²) in [5.74, 6) is 0.223. The van der Waals surface area contributed by atoms with Crippen LogP contribution in [0.1, 0.15) is 42.5 Å². The van der Waals surface area contributed by atoms with Gasteiger partial charge in [-0.15, -0.1) is 11.3 Å². The molecule has 2 aromatic rings. The number of benzene rings is 1. The van der Waals surface area contributed by atoms with Gasteiger partial charge in [-0.25, -0.2) is 0 Å². The molecule has 1 amide bonds. The molecule has 0 bridgehead atoms. The highest BCUT2D eigenvalue weighted by Crippen LogP contribution is 2.52. The summed E-state index contributed by atoms with van der Waals surface area (Å²) < 4.78 is 13.3. The molecular formula is C22H27FN2OS. The second-order valence-corrected chi connectivity index (χ2v) is 9.54. The summed E-state index contributed by atoms with van der Waals surface area (Å²) in [5, 5.41) is -0.178.